The molecule has 0 saturated carbocycles. The van der Waals surface area contributed by atoms with Gasteiger partial charge in [-0.15, -0.1) is 0 Å². The maximum Gasteiger partial charge on any atom is 0.275 e. The van der Waals surface area contributed by atoms with Crippen LogP contribution in [0.4, 0.5) is 5.82 Å². The molecule has 7 heteroatoms. The second-order valence-electron chi connectivity index (χ2n) is 4.21. The Morgan fingerprint density at radius 3 is 2.32 bits per heavy atom. The molecular formula is C12H17N5O2. The first kappa shape index (κ1) is 13.2. The average Bonchev–Trinajstić information content (AvgIpc) is 2.82. The Kier molecular flexibility index (Phi) is 3.32. The highest BCUT2D eigenvalue weighted by Crippen LogP contribution is 2.30. The zero-order chi connectivity index (χ0) is 14.2. The maximum absolute atomic E-state index is 12.1. The third-order valence-corrected chi connectivity index (χ3v) is 3.04. The third-order valence-electron chi connectivity index (χ3n) is 3.04. The summed E-state index contributed by atoms with van der Waals surface area (Å²) < 4.78 is 6.41. The van der Waals surface area contributed by atoms with Gasteiger partial charge in [0.05, 0.1) is 0 Å². The van der Waals surface area contributed by atoms with Gasteiger partial charge >= 0.3 is 0 Å². The Balaban J connectivity index is 2.88. The molecule has 0 aliphatic carbocycles. The molecule has 2 aromatic heterocycles. The van der Waals surface area contributed by atoms with Gasteiger partial charge in [-0.3, -0.25) is 4.79 Å². The summed E-state index contributed by atoms with van der Waals surface area (Å²) in [7, 11) is 0. The van der Waals surface area contributed by atoms with Crippen molar-refractivity contribution in [3.63, 3.8) is 0 Å². The van der Waals surface area contributed by atoms with E-state index in [2.05, 4.69) is 0 Å². The van der Waals surface area contributed by atoms with Crippen molar-refractivity contribution >= 4 is 5.82 Å². The van der Waals surface area contributed by atoms with Crippen molar-refractivity contribution in [2.75, 3.05) is 11.6 Å². The first-order chi connectivity index (χ1) is 9.01. The van der Waals surface area contributed by atoms with Crippen molar-refractivity contribution in [2.45, 2.75) is 20.0 Å². The molecule has 0 atom stereocenters. The molecular weight excluding hydrogens is 246 g/mol. The van der Waals surface area contributed by atoms with E-state index in [1.54, 1.807) is 19.1 Å². The van der Waals surface area contributed by atoms with Crippen molar-refractivity contribution in [3.8, 4) is 11.3 Å². The summed E-state index contributed by atoms with van der Waals surface area (Å²) in [5.41, 5.74) is 18.2. The van der Waals surface area contributed by atoms with Crippen LogP contribution in [0.15, 0.2) is 21.3 Å². The summed E-state index contributed by atoms with van der Waals surface area (Å²) in [5, 5.41) is 0. The first-order valence-electron chi connectivity index (χ1n) is 5.79. The van der Waals surface area contributed by atoms with Crippen LogP contribution in [0.5, 0.6) is 0 Å². The van der Waals surface area contributed by atoms with E-state index in [9.17, 15) is 4.79 Å². The van der Waals surface area contributed by atoms with Gasteiger partial charge in [0.2, 0.25) is 0 Å². The number of furan rings is 1. The van der Waals surface area contributed by atoms with E-state index in [0.717, 1.165) is 10.4 Å². The number of pyridine rings is 1. The van der Waals surface area contributed by atoms with Gasteiger partial charge in [0, 0.05) is 29.8 Å². The molecule has 0 aromatic carbocycles. The fraction of sp³-hybridized carbons (Fsp3) is 0.250. The Labute approximate surface area is 109 Å². The number of rotatable bonds is 3. The highest BCUT2D eigenvalue weighted by Gasteiger charge is 2.20. The van der Waals surface area contributed by atoms with Crippen molar-refractivity contribution in [3.05, 3.63) is 39.4 Å². The van der Waals surface area contributed by atoms with Crippen LogP contribution in [-0.4, -0.2) is 4.68 Å². The number of hydrogen-bond donors (Lipinski definition) is 4. The van der Waals surface area contributed by atoms with E-state index in [1.807, 2.05) is 0 Å². The maximum atomic E-state index is 12.1. The standard InChI is InChI=1S/C12H17N5O2/c1-6-2-3-9(19-6)10-7(4-13)11(15)17(16)12(18)8(10)5-14/h2-3H,4-5,13-16H2,1H3. The second kappa shape index (κ2) is 4.79. The lowest BCUT2D eigenvalue weighted by Gasteiger charge is -2.16. The van der Waals surface area contributed by atoms with Crippen LogP contribution >= 0.6 is 0 Å². The molecule has 2 heterocycles. The lowest BCUT2D eigenvalue weighted by molar-refractivity contribution is 0.546. The summed E-state index contributed by atoms with van der Waals surface area (Å²) in [5.74, 6) is 6.98. The van der Waals surface area contributed by atoms with Crippen molar-refractivity contribution in [1.29, 1.82) is 0 Å². The summed E-state index contributed by atoms with van der Waals surface area (Å²) in [6.07, 6.45) is 0. The zero-order valence-corrected chi connectivity index (χ0v) is 10.6. The summed E-state index contributed by atoms with van der Waals surface area (Å²) in [4.78, 5) is 12.1. The number of nitrogens with zero attached hydrogens (tertiary/aromatic N) is 1. The van der Waals surface area contributed by atoms with Gasteiger partial charge in [-0.05, 0) is 19.1 Å². The number of aryl methyl sites for hydroxylation is 1. The fourth-order valence-corrected chi connectivity index (χ4v) is 2.08. The van der Waals surface area contributed by atoms with Crippen LogP contribution in [0.1, 0.15) is 16.9 Å². The van der Waals surface area contributed by atoms with E-state index >= 15 is 0 Å². The molecule has 8 N–H and O–H groups in total. The lowest BCUT2D eigenvalue weighted by Crippen LogP contribution is -2.35. The second-order valence-corrected chi connectivity index (χ2v) is 4.21. The van der Waals surface area contributed by atoms with Crippen LogP contribution in [0.2, 0.25) is 0 Å². The first-order valence-corrected chi connectivity index (χ1v) is 5.79. The van der Waals surface area contributed by atoms with Crippen LogP contribution in [-0.2, 0) is 13.1 Å². The number of nitrogen functional groups attached to an aromatic ring is 2. The molecule has 0 fully saturated rings. The van der Waals surface area contributed by atoms with Gasteiger partial charge in [0.1, 0.15) is 17.3 Å². The molecule has 102 valence electrons. The monoisotopic (exact) mass is 263 g/mol. The molecule has 0 saturated heterocycles. The molecule has 0 unspecified atom stereocenters. The van der Waals surface area contributed by atoms with Crippen LogP contribution < -0.4 is 28.6 Å². The smallest absolute Gasteiger partial charge is 0.275 e. The van der Waals surface area contributed by atoms with Crippen molar-refractivity contribution < 1.29 is 4.42 Å². The van der Waals surface area contributed by atoms with Crippen molar-refractivity contribution in [2.24, 2.45) is 11.5 Å². The molecule has 7 nitrogen and oxygen atoms in total. The molecule has 0 aliphatic rings. The van der Waals surface area contributed by atoms with E-state index in [0.29, 0.717) is 22.5 Å². The predicted molar refractivity (Wildman–Crippen MR) is 73.5 cm³/mol. The minimum Gasteiger partial charge on any atom is -0.461 e. The number of anilines is 1. The zero-order valence-electron chi connectivity index (χ0n) is 10.6. The minimum absolute atomic E-state index is 0.0262. The largest absolute Gasteiger partial charge is 0.461 e. The third kappa shape index (κ3) is 1.98. The van der Waals surface area contributed by atoms with Gasteiger partial charge in [-0.25, -0.2) is 4.68 Å². The Morgan fingerprint density at radius 2 is 1.84 bits per heavy atom. The van der Waals surface area contributed by atoms with E-state index in [-0.39, 0.29) is 18.9 Å². The summed E-state index contributed by atoms with van der Waals surface area (Å²) in [6.45, 7) is 1.96. The Morgan fingerprint density at radius 1 is 1.21 bits per heavy atom. The van der Waals surface area contributed by atoms with E-state index in [4.69, 9.17) is 27.5 Å². The molecule has 0 bridgehead atoms. The predicted octanol–water partition coefficient (Wildman–Crippen LogP) is -0.370. The van der Waals surface area contributed by atoms with Crippen molar-refractivity contribution in [1.82, 2.24) is 4.68 Å². The molecule has 0 amide bonds. The number of nitrogens with two attached hydrogens (primary N) is 4. The van der Waals surface area contributed by atoms with Gasteiger partial charge in [0.25, 0.3) is 5.56 Å². The Hall–Kier alpha value is -2.25. The summed E-state index contributed by atoms with van der Waals surface area (Å²) >= 11 is 0. The van der Waals surface area contributed by atoms with Gasteiger partial charge in [-0.1, -0.05) is 0 Å². The highest BCUT2D eigenvalue weighted by molar-refractivity contribution is 5.71. The molecule has 19 heavy (non-hydrogen) atoms. The summed E-state index contributed by atoms with van der Waals surface area (Å²) in [6, 6.07) is 3.54. The molecule has 0 aliphatic heterocycles. The Bertz CT molecular complexity index is 671. The quantitative estimate of drug-likeness (QED) is 0.557. The lowest BCUT2D eigenvalue weighted by atomic mass is 10.0. The van der Waals surface area contributed by atoms with Gasteiger partial charge in [-0.2, -0.15) is 0 Å². The minimum atomic E-state index is -0.443. The van der Waals surface area contributed by atoms with Crippen LogP contribution in [0.25, 0.3) is 11.3 Å². The van der Waals surface area contributed by atoms with Crippen LogP contribution in [0.3, 0.4) is 0 Å². The molecule has 0 radical (unpaired) electrons. The molecule has 2 rings (SSSR count). The fourth-order valence-electron chi connectivity index (χ4n) is 2.08. The topological polar surface area (TPSA) is 139 Å². The normalized spacial score (nSPS) is 10.9. The van der Waals surface area contributed by atoms with Gasteiger partial charge < -0.3 is 27.5 Å². The highest BCUT2D eigenvalue weighted by atomic mass is 16.3. The van der Waals surface area contributed by atoms with E-state index < -0.39 is 5.56 Å². The van der Waals surface area contributed by atoms with E-state index in [1.165, 1.54) is 0 Å². The molecule has 2 aromatic rings. The number of aromatic nitrogens is 1. The SMILES string of the molecule is Cc1ccc(-c2c(CN)c(N)n(N)c(=O)c2CN)o1. The molecule has 0 spiro atoms. The van der Waals surface area contributed by atoms with Gasteiger partial charge in [0.15, 0.2) is 0 Å². The average molecular weight is 263 g/mol. The number of hydrogen-bond acceptors (Lipinski definition) is 6. The van der Waals surface area contributed by atoms with Crippen LogP contribution in [0, 0.1) is 6.92 Å².